The number of anilines is 2. The first kappa shape index (κ1) is 25.6. The summed E-state index contributed by atoms with van der Waals surface area (Å²) >= 11 is 6.50. The van der Waals surface area contributed by atoms with Gasteiger partial charge >= 0.3 is 0 Å². The number of carbonyl (C=O) groups excluding carboxylic acids is 3. The van der Waals surface area contributed by atoms with Crippen LogP contribution in [0.2, 0.25) is 0 Å². The zero-order valence-electron chi connectivity index (χ0n) is 20.3. The van der Waals surface area contributed by atoms with Crippen molar-refractivity contribution in [2.24, 2.45) is 0 Å². The maximum Gasteiger partial charge on any atom is 0.267 e. The Labute approximate surface area is 228 Å². The van der Waals surface area contributed by atoms with Gasteiger partial charge in [-0.05, 0) is 55.0 Å². The molecule has 0 aliphatic carbocycles. The molecule has 1 N–H and O–H groups in total. The van der Waals surface area contributed by atoms with Crippen LogP contribution in [0.5, 0.6) is 5.75 Å². The number of fused-ring (bicyclic) bond motifs is 1. The summed E-state index contributed by atoms with van der Waals surface area (Å²) in [5.41, 5.74) is 2.60. The van der Waals surface area contributed by atoms with Crippen LogP contribution in [0.25, 0.3) is 5.57 Å². The molecule has 0 bridgehead atoms. The Morgan fingerprint density at radius 1 is 0.974 bits per heavy atom. The minimum absolute atomic E-state index is 0.159. The van der Waals surface area contributed by atoms with E-state index in [2.05, 4.69) is 5.32 Å². The molecule has 0 radical (unpaired) electrons. The fraction of sp³-hybridized carbons (Fsp3) is 0.143. The zero-order chi connectivity index (χ0) is 26.8. The van der Waals surface area contributed by atoms with E-state index < -0.39 is 11.8 Å². The highest BCUT2D eigenvalue weighted by Crippen LogP contribution is 2.44. The molecule has 1 fully saturated rings. The SMILES string of the molecule is CCOc1ccc(NC(=O)CN2C(=O)/C(=C3/SC(=S)N(Cc4ccc(F)cc4)C3=O)c3ccccc32)cc1. The van der Waals surface area contributed by atoms with Crippen LogP contribution in [-0.2, 0) is 20.9 Å². The van der Waals surface area contributed by atoms with E-state index in [1.54, 1.807) is 60.7 Å². The number of thioether (sulfide) groups is 1. The number of rotatable bonds is 7. The maximum atomic E-state index is 13.6. The molecule has 0 spiro atoms. The Morgan fingerprint density at radius 3 is 2.39 bits per heavy atom. The molecule has 3 aromatic carbocycles. The highest BCUT2D eigenvalue weighted by Gasteiger charge is 2.42. The fourth-order valence-corrected chi connectivity index (χ4v) is 5.59. The van der Waals surface area contributed by atoms with Gasteiger partial charge in [-0.3, -0.25) is 24.2 Å². The second kappa shape index (κ2) is 10.8. The van der Waals surface area contributed by atoms with Crippen molar-refractivity contribution in [2.45, 2.75) is 13.5 Å². The number of benzene rings is 3. The lowest BCUT2D eigenvalue weighted by Crippen LogP contribution is -2.35. The number of hydrogen-bond donors (Lipinski definition) is 1. The zero-order valence-corrected chi connectivity index (χ0v) is 21.9. The molecule has 0 atom stereocenters. The van der Waals surface area contributed by atoms with Gasteiger partial charge < -0.3 is 10.1 Å². The lowest BCUT2D eigenvalue weighted by atomic mass is 10.1. The Kier molecular flexibility index (Phi) is 7.26. The quantitative estimate of drug-likeness (QED) is 0.332. The van der Waals surface area contributed by atoms with Crippen molar-refractivity contribution in [3.8, 4) is 5.75 Å². The van der Waals surface area contributed by atoms with Gasteiger partial charge in [0.15, 0.2) is 0 Å². The Morgan fingerprint density at radius 2 is 1.68 bits per heavy atom. The standard InChI is InChI=1S/C28H22FN3O4S2/c1-2-36-20-13-11-19(12-14-20)30-23(33)16-31-22-6-4-3-5-21(22)24(26(31)34)25-27(35)32(28(37)38-25)15-17-7-9-18(29)10-8-17/h3-14H,2,15-16H2,1H3,(H,30,33)/b25-24+. The smallest absolute Gasteiger partial charge is 0.267 e. The molecule has 3 amide bonds. The normalized spacial score (nSPS) is 16.7. The molecular formula is C28H22FN3O4S2. The van der Waals surface area contributed by atoms with E-state index in [0.717, 1.165) is 11.8 Å². The van der Waals surface area contributed by atoms with Gasteiger partial charge in [0, 0.05) is 11.3 Å². The van der Waals surface area contributed by atoms with Crippen molar-refractivity contribution in [2.75, 3.05) is 23.4 Å². The molecule has 0 unspecified atom stereocenters. The van der Waals surface area contributed by atoms with Crippen molar-refractivity contribution >= 4 is 63.0 Å². The van der Waals surface area contributed by atoms with Crippen LogP contribution in [0.4, 0.5) is 15.8 Å². The molecule has 10 heteroatoms. The number of nitrogens with zero attached hydrogens (tertiary/aromatic N) is 2. The second-order valence-corrected chi connectivity index (χ2v) is 10.1. The number of nitrogens with one attached hydrogen (secondary N) is 1. The topological polar surface area (TPSA) is 79.0 Å². The number of carbonyl (C=O) groups is 3. The van der Waals surface area contributed by atoms with Crippen molar-refractivity contribution in [3.63, 3.8) is 0 Å². The van der Waals surface area contributed by atoms with E-state index in [9.17, 15) is 18.8 Å². The fourth-order valence-electron chi connectivity index (χ4n) is 4.26. The predicted molar refractivity (Wildman–Crippen MR) is 149 cm³/mol. The van der Waals surface area contributed by atoms with Gasteiger partial charge in [0.1, 0.15) is 22.4 Å². The van der Waals surface area contributed by atoms with Crippen molar-refractivity contribution < 1.29 is 23.5 Å². The van der Waals surface area contributed by atoms with Gasteiger partial charge in [-0.2, -0.15) is 0 Å². The molecule has 0 saturated carbocycles. The molecule has 1 saturated heterocycles. The number of para-hydroxylation sites is 1. The van der Waals surface area contributed by atoms with Crippen LogP contribution >= 0.6 is 24.0 Å². The molecule has 2 heterocycles. The molecule has 38 heavy (non-hydrogen) atoms. The first-order chi connectivity index (χ1) is 18.4. The summed E-state index contributed by atoms with van der Waals surface area (Å²) in [7, 11) is 0. The third kappa shape index (κ3) is 5.05. The number of ether oxygens (including phenoxy) is 1. The van der Waals surface area contributed by atoms with E-state index in [4.69, 9.17) is 17.0 Å². The summed E-state index contributed by atoms with van der Waals surface area (Å²) in [4.78, 5) is 42.9. The van der Waals surface area contributed by atoms with Gasteiger partial charge in [-0.25, -0.2) is 4.39 Å². The van der Waals surface area contributed by atoms with Crippen molar-refractivity contribution in [1.29, 1.82) is 0 Å². The van der Waals surface area contributed by atoms with E-state index in [1.807, 2.05) is 6.92 Å². The lowest BCUT2D eigenvalue weighted by molar-refractivity contribution is -0.122. The van der Waals surface area contributed by atoms with Crippen LogP contribution in [0.3, 0.4) is 0 Å². The van der Waals surface area contributed by atoms with E-state index >= 15 is 0 Å². The van der Waals surface area contributed by atoms with Gasteiger partial charge in [-0.1, -0.05) is 54.3 Å². The average molecular weight is 548 g/mol. The molecule has 3 aromatic rings. The van der Waals surface area contributed by atoms with Crippen LogP contribution in [0.1, 0.15) is 18.1 Å². The van der Waals surface area contributed by atoms with E-state index in [1.165, 1.54) is 21.9 Å². The highest BCUT2D eigenvalue weighted by atomic mass is 32.2. The molecule has 0 aromatic heterocycles. The van der Waals surface area contributed by atoms with Gasteiger partial charge in [0.05, 0.1) is 29.3 Å². The minimum Gasteiger partial charge on any atom is -0.494 e. The summed E-state index contributed by atoms with van der Waals surface area (Å²) in [6.45, 7) is 2.35. The maximum absolute atomic E-state index is 13.6. The summed E-state index contributed by atoms with van der Waals surface area (Å²) in [6, 6.07) is 19.8. The number of hydrogen-bond acceptors (Lipinski definition) is 6. The number of thiocarbonyl (C=S) groups is 1. The summed E-state index contributed by atoms with van der Waals surface area (Å²) < 4.78 is 19.0. The average Bonchev–Trinajstić information content (AvgIpc) is 3.33. The first-order valence-corrected chi connectivity index (χ1v) is 13.0. The van der Waals surface area contributed by atoms with Crippen LogP contribution in [0, 0.1) is 5.82 Å². The molecule has 7 nitrogen and oxygen atoms in total. The van der Waals surface area contributed by atoms with Crippen molar-refractivity contribution in [1.82, 2.24) is 4.90 Å². The number of amides is 3. The van der Waals surface area contributed by atoms with Crippen molar-refractivity contribution in [3.05, 3.63) is 94.6 Å². The Hall–Kier alpha value is -4.02. The summed E-state index contributed by atoms with van der Waals surface area (Å²) in [5, 5.41) is 2.80. The highest BCUT2D eigenvalue weighted by molar-refractivity contribution is 8.26. The van der Waals surface area contributed by atoms with Crippen LogP contribution in [-0.4, -0.2) is 40.1 Å². The monoisotopic (exact) mass is 547 g/mol. The summed E-state index contributed by atoms with van der Waals surface area (Å²) in [6.07, 6.45) is 0. The van der Waals surface area contributed by atoms with Gasteiger partial charge in [0.25, 0.3) is 11.8 Å². The van der Waals surface area contributed by atoms with Crippen LogP contribution in [0.15, 0.2) is 77.7 Å². The molecule has 5 rings (SSSR count). The first-order valence-electron chi connectivity index (χ1n) is 11.8. The molecule has 192 valence electrons. The van der Waals surface area contributed by atoms with E-state index in [-0.39, 0.29) is 35.3 Å². The molecule has 2 aliphatic rings. The van der Waals surface area contributed by atoms with Gasteiger partial charge in [0.2, 0.25) is 5.91 Å². The number of halogens is 1. The second-order valence-electron chi connectivity index (χ2n) is 8.50. The predicted octanol–water partition coefficient (Wildman–Crippen LogP) is 4.98. The third-order valence-corrected chi connectivity index (χ3v) is 7.45. The largest absolute Gasteiger partial charge is 0.494 e. The summed E-state index contributed by atoms with van der Waals surface area (Å²) in [5.74, 6) is -0.919. The molecule has 2 aliphatic heterocycles. The van der Waals surface area contributed by atoms with Gasteiger partial charge in [-0.15, -0.1) is 0 Å². The Balaban J connectivity index is 1.38. The third-order valence-electron chi connectivity index (χ3n) is 6.00. The minimum atomic E-state index is -0.449. The van der Waals surface area contributed by atoms with Crippen LogP contribution < -0.4 is 15.0 Å². The Bertz CT molecular complexity index is 1470. The van der Waals surface area contributed by atoms with E-state index in [0.29, 0.717) is 39.2 Å². The lowest BCUT2D eigenvalue weighted by Gasteiger charge is -2.17. The molecular weight excluding hydrogens is 525 g/mol.